The van der Waals surface area contributed by atoms with Gasteiger partial charge < -0.3 is 10.0 Å². The standard InChI is InChI=1S/C11H14Cl2N4OS/c1-2-3-16(4-5-18)11-15-8(6-19-11)17-7-14-9(12)10(17)13/h6-7,18H,2-5H2,1H3. The topological polar surface area (TPSA) is 54.2 Å². The van der Waals surface area contributed by atoms with Crippen molar-refractivity contribution in [1.82, 2.24) is 14.5 Å². The monoisotopic (exact) mass is 320 g/mol. The van der Waals surface area contributed by atoms with Crippen LogP contribution in [0.3, 0.4) is 0 Å². The number of aliphatic hydroxyl groups is 1. The second kappa shape index (κ2) is 6.56. The van der Waals surface area contributed by atoms with Gasteiger partial charge in [-0.3, -0.25) is 4.57 Å². The summed E-state index contributed by atoms with van der Waals surface area (Å²) in [6, 6.07) is 0. The summed E-state index contributed by atoms with van der Waals surface area (Å²) in [4.78, 5) is 10.5. The van der Waals surface area contributed by atoms with Crippen molar-refractivity contribution in [3.8, 4) is 5.82 Å². The van der Waals surface area contributed by atoms with Crippen LogP contribution in [-0.2, 0) is 0 Å². The molecule has 0 aliphatic heterocycles. The molecule has 1 N–H and O–H groups in total. The molecule has 0 aliphatic carbocycles. The molecule has 0 aliphatic rings. The number of rotatable bonds is 6. The van der Waals surface area contributed by atoms with Crippen LogP contribution in [0, 0.1) is 0 Å². The zero-order valence-corrected chi connectivity index (χ0v) is 12.7. The fourth-order valence-electron chi connectivity index (χ4n) is 1.68. The van der Waals surface area contributed by atoms with Gasteiger partial charge in [0.1, 0.15) is 6.33 Å². The van der Waals surface area contributed by atoms with E-state index < -0.39 is 0 Å². The van der Waals surface area contributed by atoms with Gasteiger partial charge in [0.05, 0.1) is 6.61 Å². The van der Waals surface area contributed by atoms with Crippen molar-refractivity contribution in [3.05, 3.63) is 22.0 Å². The van der Waals surface area contributed by atoms with E-state index in [1.54, 1.807) is 10.9 Å². The second-order valence-corrected chi connectivity index (χ2v) is 5.45. The van der Waals surface area contributed by atoms with Crippen molar-refractivity contribution in [2.45, 2.75) is 13.3 Å². The van der Waals surface area contributed by atoms with E-state index in [0.717, 1.165) is 18.1 Å². The molecule has 5 nitrogen and oxygen atoms in total. The van der Waals surface area contributed by atoms with Gasteiger partial charge in [0.2, 0.25) is 0 Å². The number of halogens is 2. The van der Waals surface area contributed by atoms with Gasteiger partial charge in [-0.1, -0.05) is 30.1 Å². The minimum Gasteiger partial charge on any atom is -0.395 e. The first kappa shape index (κ1) is 14.6. The van der Waals surface area contributed by atoms with Gasteiger partial charge in [0.15, 0.2) is 21.3 Å². The summed E-state index contributed by atoms with van der Waals surface area (Å²) in [5.74, 6) is 0.684. The number of anilines is 1. The molecule has 0 aromatic carbocycles. The zero-order valence-electron chi connectivity index (χ0n) is 10.4. The molecule has 0 radical (unpaired) electrons. The Morgan fingerprint density at radius 1 is 1.42 bits per heavy atom. The van der Waals surface area contributed by atoms with E-state index in [1.807, 2.05) is 10.3 Å². The fourth-order valence-corrected chi connectivity index (χ4v) is 2.85. The minimum atomic E-state index is 0.104. The van der Waals surface area contributed by atoms with Crippen LogP contribution in [0.2, 0.25) is 10.3 Å². The molecule has 0 spiro atoms. The highest BCUT2D eigenvalue weighted by atomic mass is 35.5. The first-order chi connectivity index (χ1) is 9.17. The lowest BCUT2D eigenvalue weighted by atomic mass is 10.4. The van der Waals surface area contributed by atoms with E-state index in [1.165, 1.54) is 11.3 Å². The summed E-state index contributed by atoms with van der Waals surface area (Å²) in [6.45, 7) is 3.61. The zero-order chi connectivity index (χ0) is 13.8. The number of aliphatic hydroxyl groups excluding tert-OH is 1. The molecule has 0 atom stereocenters. The maximum absolute atomic E-state index is 9.08. The number of aromatic nitrogens is 3. The quantitative estimate of drug-likeness (QED) is 0.889. The van der Waals surface area contributed by atoms with Crippen LogP contribution in [0.15, 0.2) is 11.7 Å². The lowest BCUT2D eigenvalue weighted by Gasteiger charge is -2.19. The molecule has 0 unspecified atom stereocenters. The Labute approximate surface area is 125 Å². The Morgan fingerprint density at radius 2 is 2.21 bits per heavy atom. The number of thiazole rings is 1. The predicted molar refractivity (Wildman–Crippen MR) is 78.8 cm³/mol. The summed E-state index contributed by atoms with van der Waals surface area (Å²) < 4.78 is 1.63. The maximum atomic E-state index is 9.08. The van der Waals surface area contributed by atoms with Crippen LogP contribution < -0.4 is 4.90 Å². The van der Waals surface area contributed by atoms with Gasteiger partial charge in [0.25, 0.3) is 0 Å². The Bertz CT molecular complexity index is 537. The van der Waals surface area contributed by atoms with Crippen LogP contribution in [-0.4, -0.2) is 39.3 Å². The molecule has 0 saturated carbocycles. The van der Waals surface area contributed by atoms with E-state index in [4.69, 9.17) is 28.3 Å². The molecule has 0 amide bonds. The Kier molecular flexibility index (Phi) is 5.04. The molecule has 0 fully saturated rings. The smallest absolute Gasteiger partial charge is 0.187 e. The summed E-state index contributed by atoms with van der Waals surface area (Å²) >= 11 is 13.4. The van der Waals surface area contributed by atoms with E-state index in [9.17, 15) is 0 Å². The highest BCUT2D eigenvalue weighted by Gasteiger charge is 2.14. The average molecular weight is 321 g/mol. The van der Waals surface area contributed by atoms with Gasteiger partial charge in [-0.05, 0) is 6.42 Å². The molecule has 8 heteroatoms. The van der Waals surface area contributed by atoms with Crippen molar-refractivity contribution in [3.63, 3.8) is 0 Å². The van der Waals surface area contributed by atoms with Crippen LogP contribution in [0.4, 0.5) is 5.13 Å². The molecular formula is C11H14Cl2N4OS. The summed E-state index contributed by atoms with van der Waals surface area (Å²) in [6.07, 6.45) is 2.53. The molecule has 2 aromatic rings. The fraction of sp³-hybridized carbons (Fsp3) is 0.455. The van der Waals surface area contributed by atoms with Gasteiger partial charge in [-0.25, -0.2) is 9.97 Å². The molecule has 2 heterocycles. The van der Waals surface area contributed by atoms with Crippen molar-refractivity contribution in [2.75, 3.05) is 24.6 Å². The average Bonchev–Trinajstić information content (AvgIpc) is 2.98. The molecule has 0 saturated heterocycles. The number of imidazole rings is 1. The lowest BCUT2D eigenvalue weighted by Crippen LogP contribution is -2.27. The summed E-state index contributed by atoms with van der Waals surface area (Å²) in [5, 5.41) is 12.4. The normalized spacial score (nSPS) is 10.9. The van der Waals surface area contributed by atoms with E-state index in [2.05, 4.69) is 16.9 Å². The van der Waals surface area contributed by atoms with Crippen molar-refractivity contribution in [2.24, 2.45) is 0 Å². The van der Waals surface area contributed by atoms with Crippen LogP contribution in [0.1, 0.15) is 13.3 Å². The molecule has 2 aromatic heterocycles. The third-order valence-corrected chi connectivity index (χ3v) is 4.15. The maximum Gasteiger partial charge on any atom is 0.187 e. The number of nitrogens with zero attached hydrogens (tertiary/aromatic N) is 4. The molecule has 2 rings (SSSR count). The highest BCUT2D eigenvalue weighted by Crippen LogP contribution is 2.27. The number of hydrogen-bond acceptors (Lipinski definition) is 5. The largest absolute Gasteiger partial charge is 0.395 e. The Balaban J connectivity index is 2.24. The van der Waals surface area contributed by atoms with Gasteiger partial charge in [-0.15, -0.1) is 11.3 Å². The Hall–Kier alpha value is -0.820. The lowest BCUT2D eigenvalue weighted by molar-refractivity contribution is 0.302. The molecule has 0 bridgehead atoms. The van der Waals surface area contributed by atoms with E-state index in [0.29, 0.717) is 17.5 Å². The second-order valence-electron chi connectivity index (χ2n) is 3.90. The summed E-state index contributed by atoms with van der Waals surface area (Å²) in [7, 11) is 0. The van der Waals surface area contributed by atoms with Crippen molar-refractivity contribution in [1.29, 1.82) is 0 Å². The van der Waals surface area contributed by atoms with Crippen molar-refractivity contribution < 1.29 is 5.11 Å². The van der Waals surface area contributed by atoms with Gasteiger partial charge >= 0.3 is 0 Å². The van der Waals surface area contributed by atoms with E-state index >= 15 is 0 Å². The third kappa shape index (κ3) is 3.20. The van der Waals surface area contributed by atoms with Crippen molar-refractivity contribution >= 4 is 39.7 Å². The van der Waals surface area contributed by atoms with Crippen LogP contribution in [0.25, 0.3) is 5.82 Å². The molecular weight excluding hydrogens is 307 g/mol. The minimum absolute atomic E-state index is 0.104. The predicted octanol–water partition coefficient (Wildman–Crippen LogP) is 2.84. The first-order valence-electron chi connectivity index (χ1n) is 5.87. The van der Waals surface area contributed by atoms with Gasteiger partial charge in [-0.2, -0.15) is 0 Å². The molecule has 104 valence electrons. The SMILES string of the molecule is CCCN(CCO)c1nc(-n2cnc(Cl)c2Cl)cs1. The third-order valence-electron chi connectivity index (χ3n) is 2.53. The Morgan fingerprint density at radius 3 is 2.79 bits per heavy atom. The molecule has 19 heavy (non-hydrogen) atoms. The first-order valence-corrected chi connectivity index (χ1v) is 7.51. The van der Waals surface area contributed by atoms with Gasteiger partial charge in [0, 0.05) is 18.5 Å². The number of hydrogen-bond donors (Lipinski definition) is 1. The van der Waals surface area contributed by atoms with Crippen LogP contribution in [0.5, 0.6) is 0 Å². The van der Waals surface area contributed by atoms with E-state index in [-0.39, 0.29) is 11.8 Å². The summed E-state index contributed by atoms with van der Waals surface area (Å²) in [5.41, 5.74) is 0. The van der Waals surface area contributed by atoms with Crippen LogP contribution >= 0.6 is 34.5 Å². The highest BCUT2D eigenvalue weighted by molar-refractivity contribution is 7.14.